The van der Waals surface area contributed by atoms with E-state index in [2.05, 4.69) is 0 Å². The van der Waals surface area contributed by atoms with Gasteiger partial charge in [-0.2, -0.15) is 4.31 Å². The second-order valence-electron chi connectivity index (χ2n) is 4.39. The summed E-state index contributed by atoms with van der Waals surface area (Å²) in [6.07, 6.45) is 1.51. The van der Waals surface area contributed by atoms with Crippen LogP contribution in [0.5, 0.6) is 0 Å². The molecule has 1 aliphatic carbocycles. The van der Waals surface area contributed by atoms with Gasteiger partial charge in [0.25, 0.3) is 0 Å². The molecule has 0 bridgehead atoms. The predicted octanol–water partition coefficient (Wildman–Crippen LogP) is 1.70. The lowest BCUT2D eigenvalue weighted by molar-refractivity contribution is 0.0696. The van der Waals surface area contributed by atoms with Crippen molar-refractivity contribution >= 4 is 16.0 Å². The maximum absolute atomic E-state index is 13.7. The molecule has 1 N–H and O–H groups in total. The summed E-state index contributed by atoms with van der Waals surface area (Å²) >= 11 is 0. The molecular weight excluding hydrogens is 273 g/mol. The average Bonchev–Trinajstić information content (AvgIpc) is 3.14. The molecule has 7 heteroatoms. The third kappa shape index (κ3) is 2.62. The van der Waals surface area contributed by atoms with Gasteiger partial charge < -0.3 is 5.11 Å². The summed E-state index contributed by atoms with van der Waals surface area (Å²) in [5.41, 5.74) is -0.244. The minimum absolute atomic E-state index is 0.0946. The van der Waals surface area contributed by atoms with Crippen molar-refractivity contribution in [1.82, 2.24) is 4.31 Å². The number of carboxylic acids is 1. The minimum Gasteiger partial charge on any atom is -0.478 e. The first kappa shape index (κ1) is 14.0. The van der Waals surface area contributed by atoms with Crippen LogP contribution in [0, 0.1) is 5.82 Å². The van der Waals surface area contributed by atoms with Crippen LogP contribution >= 0.6 is 0 Å². The molecule has 1 fully saturated rings. The second kappa shape index (κ2) is 4.90. The van der Waals surface area contributed by atoms with Crippen molar-refractivity contribution in [3.63, 3.8) is 0 Å². The molecule has 104 valence electrons. The number of rotatable bonds is 5. The normalized spacial score (nSPS) is 15.7. The van der Waals surface area contributed by atoms with E-state index in [-0.39, 0.29) is 18.2 Å². The van der Waals surface area contributed by atoms with E-state index in [9.17, 15) is 17.6 Å². The molecule has 1 saturated carbocycles. The summed E-state index contributed by atoms with van der Waals surface area (Å²) in [7, 11) is -3.98. The summed E-state index contributed by atoms with van der Waals surface area (Å²) in [5.74, 6) is -2.21. The fraction of sp³-hybridized carbons (Fsp3) is 0.417. The first-order chi connectivity index (χ1) is 8.87. The van der Waals surface area contributed by atoms with E-state index in [1.807, 2.05) is 0 Å². The van der Waals surface area contributed by atoms with Crippen LogP contribution in [0.3, 0.4) is 0 Å². The molecule has 0 spiro atoms. The Balaban J connectivity index is 2.49. The maximum atomic E-state index is 13.7. The van der Waals surface area contributed by atoms with Crippen molar-refractivity contribution in [3.8, 4) is 0 Å². The minimum atomic E-state index is -3.98. The third-order valence-electron chi connectivity index (χ3n) is 3.03. The van der Waals surface area contributed by atoms with Crippen LogP contribution in [0.4, 0.5) is 4.39 Å². The molecule has 0 heterocycles. The number of benzene rings is 1. The largest absolute Gasteiger partial charge is 0.478 e. The molecule has 5 nitrogen and oxygen atoms in total. The third-order valence-corrected chi connectivity index (χ3v) is 5.07. The maximum Gasteiger partial charge on any atom is 0.335 e. The summed E-state index contributed by atoms with van der Waals surface area (Å²) in [5, 5.41) is 8.85. The Kier molecular flexibility index (Phi) is 3.60. The van der Waals surface area contributed by atoms with E-state index in [1.54, 1.807) is 6.92 Å². The van der Waals surface area contributed by atoms with Crippen molar-refractivity contribution < 1.29 is 22.7 Å². The number of hydrogen-bond acceptors (Lipinski definition) is 3. The van der Waals surface area contributed by atoms with Crippen LogP contribution in [-0.4, -0.2) is 36.4 Å². The number of nitrogens with zero attached hydrogens (tertiary/aromatic N) is 1. The van der Waals surface area contributed by atoms with Gasteiger partial charge in [0, 0.05) is 12.6 Å². The second-order valence-corrected chi connectivity index (χ2v) is 6.25. The molecule has 1 aliphatic rings. The Labute approximate surface area is 110 Å². The van der Waals surface area contributed by atoms with Gasteiger partial charge in [-0.1, -0.05) is 6.92 Å². The SMILES string of the molecule is CCN(C1CC1)S(=O)(=O)c1cc(C(=O)O)ccc1F. The standard InChI is InChI=1S/C12H14FNO4S/c1-2-14(9-4-5-9)19(17,18)11-7-8(12(15)16)3-6-10(11)13/h3,6-7,9H,2,4-5H2,1H3,(H,15,16). The van der Waals surface area contributed by atoms with Crippen LogP contribution in [0.2, 0.25) is 0 Å². The number of carbonyl (C=O) groups is 1. The lowest BCUT2D eigenvalue weighted by atomic mass is 10.2. The highest BCUT2D eigenvalue weighted by Gasteiger charge is 2.38. The number of hydrogen-bond donors (Lipinski definition) is 1. The predicted molar refractivity (Wildman–Crippen MR) is 65.9 cm³/mol. The van der Waals surface area contributed by atoms with Gasteiger partial charge in [0.05, 0.1) is 5.56 Å². The summed E-state index contributed by atoms with van der Waals surface area (Å²) in [6.45, 7) is 1.92. The summed E-state index contributed by atoms with van der Waals surface area (Å²) in [6, 6.07) is 2.70. The molecule has 0 saturated heterocycles. The van der Waals surface area contributed by atoms with Gasteiger partial charge in [0.1, 0.15) is 10.7 Å². The van der Waals surface area contributed by atoms with Gasteiger partial charge in [-0.25, -0.2) is 17.6 Å². The number of carboxylic acid groups (broad SMARTS) is 1. The zero-order chi connectivity index (χ0) is 14.2. The molecule has 2 rings (SSSR count). The van der Waals surface area contributed by atoms with E-state index in [1.165, 1.54) is 4.31 Å². The number of aromatic carboxylic acids is 1. The van der Waals surface area contributed by atoms with Crippen molar-refractivity contribution in [2.45, 2.75) is 30.7 Å². The number of halogens is 1. The molecule has 0 aromatic heterocycles. The molecule has 0 radical (unpaired) electrons. The average molecular weight is 287 g/mol. The Morgan fingerprint density at radius 1 is 1.47 bits per heavy atom. The fourth-order valence-electron chi connectivity index (χ4n) is 1.95. The van der Waals surface area contributed by atoms with Crippen LogP contribution in [0.25, 0.3) is 0 Å². The molecule has 0 unspecified atom stereocenters. The van der Waals surface area contributed by atoms with Crippen molar-refractivity contribution in [1.29, 1.82) is 0 Å². The van der Waals surface area contributed by atoms with Gasteiger partial charge in [0.15, 0.2) is 0 Å². The Morgan fingerprint density at radius 2 is 2.11 bits per heavy atom. The van der Waals surface area contributed by atoms with Gasteiger partial charge in [-0.15, -0.1) is 0 Å². The molecule has 1 aromatic rings. The summed E-state index contributed by atoms with van der Waals surface area (Å²) < 4.78 is 39.6. The van der Waals surface area contributed by atoms with Crippen LogP contribution in [0.1, 0.15) is 30.1 Å². The van der Waals surface area contributed by atoms with Crippen molar-refractivity contribution in [3.05, 3.63) is 29.6 Å². The van der Waals surface area contributed by atoms with Gasteiger partial charge in [0.2, 0.25) is 10.0 Å². The zero-order valence-electron chi connectivity index (χ0n) is 10.3. The van der Waals surface area contributed by atoms with E-state index >= 15 is 0 Å². The van der Waals surface area contributed by atoms with E-state index in [0.717, 1.165) is 31.0 Å². The lowest BCUT2D eigenvalue weighted by Crippen LogP contribution is -2.33. The first-order valence-corrected chi connectivity index (χ1v) is 7.36. The lowest BCUT2D eigenvalue weighted by Gasteiger charge is -2.20. The Hall–Kier alpha value is -1.47. The highest BCUT2D eigenvalue weighted by molar-refractivity contribution is 7.89. The molecule has 0 amide bonds. The summed E-state index contributed by atoms with van der Waals surface area (Å²) in [4.78, 5) is 10.3. The van der Waals surface area contributed by atoms with E-state index < -0.39 is 26.7 Å². The van der Waals surface area contributed by atoms with Crippen LogP contribution in [-0.2, 0) is 10.0 Å². The molecule has 19 heavy (non-hydrogen) atoms. The van der Waals surface area contributed by atoms with Crippen LogP contribution < -0.4 is 0 Å². The molecule has 0 atom stereocenters. The monoisotopic (exact) mass is 287 g/mol. The first-order valence-electron chi connectivity index (χ1n) is 5.92. The highest BCUT2D eigenvalue weighted by Crippen LogP contribution is 2.32. The topological polar surface area (TPSA) is 74.7 Å². The fourth-order valence-corrected chi connectivity index (χ4v) is 3.73. The molecule has 1 aromatic carbocycles. The Morgan fingerprint density at radius 3 is 2.58 bits per heavy atom. The van der Waals surface area contributed by atoms with E-state index in [4.69, 9.17) is 5.11 Å². The Bertz CT molecular complexity index is 610. The molecular formula is C12H14FNO4S. The molecule has 0 aliphatic heterocycles. The van der Waals surface area contributed by atoms with Crippen LogP contribution in [0.15, 0.2) is 23.1 Å². The zero-order valence-corrected chi connectivity index (χ0v) is 11.2. The quantitative estimate of drug-likeness (QED) is 0.894. The van der Waals surface area contributed by atoms with Gasteiger partial charge in [-0.05, 0) is 31.0 Å². The van der Waals surface area contributed by atoms with Gasteiger partial charge in [-0.3, -0.25) is 0 Å². The van der Waals surface area contributed by atoms with E-state index in [0.29, 0.717) is 0 Å². The van der Waals surface area contributed by atoms with Crippen molar-refractivity contribution in [2.24, 2.45) is 0 Å². The number of sulfonamides is 1. The van der Waals surface area contributed by atoms with Crippen molar-refractivity contribution in [2.75, 3.05) is 6.54 Å². The smallest absolute Gasteiger partial charge is 0.335 e. The van der Waals surface area contributed by atoms with Gasteiger partial charge >= 0.3 is 5.97 Å². The highest BCUT2D eigenvalue weighted by atomic mass is 32.2.